The maximum absolute atomic E-state index is 13.1. The third-order valence-corrected chi connectivity index (χ3v) is 5.53. The number of phenolic OH excluding ortho intramolecular Hbond substituents is 1. The SMILES string of the molecule is COc1ccc(-c2coc3c([C@@H]4OC(CO)[C@@H](O)[C@H](O)C4O)c(O)ccc3c2=O)cc1. The Bertz CT molecular complexity index is 1140. The lowest BCUT2D eigenvalue weighted by Gasteiger charge is -2.40. The predicted molar refractivity (Wildman–Crippen MR) is 109 cm³/mol. The second kappa shape index (κ2) is 8.29. The van der Waals surface area contributed by atoms with Crippen molar-refractivity contribution < 1.29 is 39.4 Å². The molecule has 0 radical (unpaired) electrons. The van der Waals surface area contributed by atoms with Crippen LogP contribution in [-0.2, 0) is 4.74 Å². The van der Waals surface area contributed by atoms with Gasteiger partial charge in [-0.25, -0.2) is 0 Å². The highest BCUT2D eigenvalue weighted by atomic mass is 16.5. The van der Waals surface area contributed by atoms with Crippen molar-refractivity contribution in [3.05, 3.63) is 58.4 Å². The number of aliphatic hydroxyl groups excluding tert-OH is 4. The van der Waals surface area contributed by atoms with Gasteiger partial charge in [0.25, 0.3) is 0 Å². The Hall–Kier alpha value is -2.95. The van der Waals surface area contributed by atoms with E-state index in [9.17, 15) is 30.3 Å². The van der Waals surface area contributed by atoms with E-state index in [1.807, 2.05) is 0 Å². The molecule has 4 rings (SSSR count). The van der Waals surface area contributed by atoms with Gasteiger partial charge in [0.15, 0.2) is 0 Å². The highest BCUT2D eigenvalue weighted by Gasteiger charge is 2.45. The summed E-state index contributed by atoms with van der Waals surface area (Å²) in [5.74, 6) is 0.293. The number of hydrogen-bond acceptors (Lipinski definition) is 9. The number of ether oxygens (including phenoxy) is 2. The van der Waals surface area contributed by atoms with E-state index in [2.05, 4.69) is 0 Å². The molecule has 5 atom stereocenters. The number of hydrogen-bond donors (Lipinski definition) is 5. The maximum atomic E-state index is 13.1. The Balaban J connectivity index is 1.84. The number of aliphatic hydroxyl groups is 4. The highest BCUT2D eigenvalue weighted by Crippen LogP contribution is 2.40. The monoisotopic (exact) mass is 430 g/mol. The fraction of sp³-hybridized carbons (Fsp3) is 0.318. The molecule has 31 heavy (non-hydrogen) atoms. The Morgan fingerprint density at radius 1 is 1.00 bits per heavy atom. The van der Waals surface area contributed by atoms with E-state index >= 15 is 0 Å². The van der Waals surface area contributed by atoms with Gasteiger partial charge in [-0.1, -0.05) is 12.1 Å². The van der Waals surface area contributed by atoms with Crippen LogP contribution >= 0.6 is 0 Å². The molecule has 2 unspecified atom stereocenters. The van der Waals surface area contributed by atoms with Crippen molar-refractivity contribution in [3.63, 3.8) is 0 Å². The molecule has 2 heterocycles. The lowest BCUT2D eigenvalue weighted by molar-refractivity contribution is -0.231. The molecule has 1 aliphatic heterocycles. The summed E-state index contributed by atoms with van der Waals surface area (Å²) in [5, 5.41) is 50.6. The van der Waals surface area contributed by atoms with Crippen LogP contribution in [0.4, 0.5) is 0 Å². The van der Waals surface area contributed by atoms with Gasteiger partial charge in [-0.15, -0.1) is 0 Å². The minimum atomic E-state index is -1.64. The normalized spacial score (nSPS) is 26.2. The van der Waals surface area contributed by atoms with Gasteiger partial charge in [-0.3, -0.25) is 4.79 Å². The fourth-order valence-electron chi connectivity index (χ4n) is 3.80. The van der Waals surface area contributed by atoms with Gasteiger partial charge in [-0.05, 0) is 29.8 Å². The van der Waals surface area contributed by atoms with Crippen LogP contribution in [0.2, 0.25) is 0 Å². The summed E-state index contributed by atoms with van der Waals surface area (Å²) in [7, 11) is 1.53. The van der Waals surface area contributed by atoms with Gasteiger partial charge >= 0.3 is 0 Å². The molecule has 3 aromatic rings. The smallest absolute Gasteiger partial charge is 0.200 e. The van der Waals surface area contributed by atoms with Crippen LogP contribution in [0.3, 0.4) is 0 Å². The van der Waals surface area contributed by atoms with E-state index in [1.165, 1.54) is 25.5 Å². The first-order chi connectivity index (χ1) is 14.9. The number of methoxy groups -OCH3 is 1. The fourth-order valence-corrected chi connectivity index (χ4v) is 3.80. The van der Waals surface area contributed by atoms with Gasteiger partial charge in [0.2, 0.25) is 5.43 Å². The number of benzene rings is 2. The topological polar surface area (TPSA) is 150 Å². The van der Waals surface area contributed by atoms with Gasteiger partial charge in [0.05, 0.1) is 30.2 Å². The van der Waals surface area contributed by atoms with Crippen molar-refractivity contribution >= 4 is 11.0 Å². The lowest BCUT2D eigenvalue weighted by Crippen LogP contribution is -2.55. The minimum absolute atomic E-state index is 0.0356. The summed E-state index contributed by atoms with van der Waals surface area (Å²) in [4.78, 5) is 13.1. The van der Waals surface area contributed by atoms with E-state index in [4.69, 9.17) is 13.9 Å². The first-order valence-corrected chi connectivity index (χ1v) is 9.59. The summed E-state index contributed by atoms with van der Waals surface area (Å²) >= 11 is 0. The highest BCUT2D eigenvalue weighted by molar-refractivity contribution is 5.86. The predicted octanol–water partition coefficient (Wildman–Crippen LogP) is 0.689. The second-order valence-corrected chi connectivity index (χ2v) is 7.33. The van der Waals surface area contributed by atoms with Gasteiger partial charge in [0.1, 0.15) is 53.9 Å². The maximum Gasteiger partial charge on any atom is 0.200 e. The van der Waals surface area contributed by atoms with E-state index in [1.54, 1.807) is 24.3 Å². The molecule has 9 nitrogen and oxygen atoms in total. The molecule has 1 fully saturated rings. The van der Waals surface area contributed by atoms with Crippen molar-refractivity contribution in [2.75, 3.05) is 13.7 Å². The Labute approximate surface area is 176 Å². The second-order valence-electron chi connectivity index (χ2n) is 7.33. The molecular formula is C22H22O9. The van der Waals surface area contributed by atoms with Crippen molar-refractivity contribution in [3.8, 4) is 22.6 Å². The van der Waals surface area contributed by atoms with Gasteiger partial charge in [0, 0.05) is 0 Å². The van der Waals surface area contributed by atoms with Crippen LogP contribution in [0.15, 0.2) is 51.9 Å². The molecule has 1 saturated heterocycles. The lowest BCUT2D eigenvalue weighted by atomic mass is 9.89. The van der Waals surface area contributed by atoms with Crippen molar-refractivity contribution in [1.29, 1.82) is 0 Å². The molecule has 0 bridgehead atoms. The Kier molecular flexibility index (Phi) is 5.69. The molecule has 164 valence electrons. The van der Waals surface area contributed by atoms with Crippen LogP contribution in [0, 0.1) is 0 Å². The summed E-state index contributed by atoms with van der Waals surface area (Å²) in [6, 6.07) is 9.46. The van der Waals surface area contributed by atoms with Crippen LogP contribution in [-0.4, -0.2) is 63.7 Å². The average molecular weight is 430 g/mol. The molecule has 0 amide bonds. The molecule has 0 aliphatic carbocycles. The summed E-state index contributed by atoms with van der Waals surface area (Å²) in [6.45, 7) is -0.626. The third-order valence-electron chi connectivity index (χ3n) is 5.53. The average Bonchev–Trinajstić information content (AvgIpc) is 2.79. The van der Waals surface area contributed by atoms with Crippen LogP contribution in [0.25, 0.3) is 22.1 Å². The van der Waals surface area contributed by atoms with E-state index in [0.29, 0.717) is 11.3 Å². The number of phenols is 1. The molecule has 9 heteroatoms. The number of aromatic hydroxyl groups is 1. The quantitative estimate of drug-likeness (QED) is 0.403. The Morgan fingerprint density at radius 3 is 2.35 bits per heavy atom. The third kappa shape index (κ3) is 3.56. The molecule has 1 aliphatic rings. The molecular weight excluding hydrogens is 408 g/mol. The zero-order valence-electron chi connectivity index (χ0n) is 16.5. The number of fused-ring (bicyclic) bond motifs is 1. The van der Waals surface area contributed by atoms with Crippen LogP contribution < -0.4 is 10.2 Å². The van der Waals surface area contributed by atoms with Gasteiger partial charge < -0.3 is 39.4 Å². The van der Waals surface area contributed by atoms with E-state index in [-0.39, 0.29) is 33.3 Å². The zero-order valence-corrected chi connectivity index (χ0v) is 16.5. The zero-order chi connectivity index (χ0) is 22.3. The van der Waals surface area contributed by atoms with Crippen molar-refractivity contribution in [2.24, 2.45) is 0 Å². The van der Waals surface area contributed by atoms with Gasteiger partial charge in [-0.2, -0.15) is 0 Å². The summed E-state index contributed by atoms with van der Waals surface area (Å²) in [6.07, 6.45) is -6.13. The molecule has 2 aromatic carbocycles. The first kappa shape index (κ1) is 21.3. The van der Waals surface area contributed by atoms with E-state index in [0.717, 1.165) is 0 Å². The summed E-state index contributed by atoms with van der Waals surface area (Å²) in [5.41, 5.74) is 0.399. The summed E-state index contributed by atoms with van der Waals surface area (Å²) < 4.78 is 16.4. The van der Waals surface area contributed by atoms with E-state index < -0.39 is 37.1 Å². The first-order valence-electron chi connectivity index (χ1n) is 9.59. The number of rotatable bonds is 4. The molecule has 5 N–H and O–H groups in total. The molecule has 1 aromatic heterocycles. The Morgan fingerprint density at radius 2 is 1.71 bits per heavy atom. The van der Waals surface area contributed by atoms with Crippen LogP contribution in [0.5, 0.6) is 11.5 Å². The standard InChI is InChI=1S/C22H22O9/c1-29-11-4-2-10(3-5-11)13-9-30-21-12(17(13)25)6-7-14(24)16(21)22-20(28)19(27)18(26)15(8-23)31-22/h2-7,9,15,18-20,22-24,26-28H,8H2,1H3/t15?,18-,19+,20?,22+/m1/s1. The minimum Gasteiger partial charge on any atom is -0.507 e. The molecule has 0 spiro atoms. The van der Waals surface area contributed by atoms with Crippen molar-refractivity contribution in [1.82, 2.24) is 0 Å². The van der Waals surface area contributed by atoms with Crippen molar-refractivity contribution in [2.45, 2.75) is 30.5 Å². The van der Waals surface area contributed by atoms with Crippen LogP contribution in [0.1, 0.15) is 11.7 Å². The largest absolute Gasteiger partial charge is 0.507 e. The molecule has 0 saturated carbocycles.